The van der Waals surface area contributed by atoms with Gasteiger partial charge in [-0.25, -0.2) is 0 Å². The molecule has 5 heteroatoms. The normalized spacial score (nSPS) is 19.2. The summed E-state index contributed by atoms with van der Waals surface area (Å²) >= 11 is 0. The van der Waals surface area contributed by atoms with Crippen molar-refractivity contribution in [1.29, 1.82) is 0 Å². The summed E-state index contributed by atoms with van der Waals surface area (Å²) in [5.74, 6) is 0.847. The molecule has 2 rings (SSSR count). The summed E-state index contributed by atoms with van der Waals surface area (Å²) in [6, 6.07) is 3.86. The molecule has 1 saturated heterocycles. The smallest absolute Gasteiger partial charge is 0.220 e. The third-order valence-corrected chi connectivity index (χ3v) is 3.94. The molecular weight excluding hydrogens is 264 g/mol. The van der Waals surface area contributed by atoms with Gasteiger partial charge in [0.15, 0.2) is 0 Å². The first kappa shape index (κ1) is 15.8. The zero-order valence-corrected chi connectivity index (χ0v) is 12.8. The van der Waals surface area contributed by atoms with Gasteiger partial charge in [-0.15, -0.1) is 0 Å². The SMILES string of the molecule is CN1CCC[C@H](CCC(=O)NCCNc2cccnc2)C1. The molecule has 1 aromatic heterocycles. The lowest BCUT2D eigenvalue weighted by Crippen LogP contribution is -2.33. The van der Waals surface area contributed by atoms with Crippen molar-refractivity contribution in [1.82, 2.24) is 15.2 Å². The molecule has 1 amide bonds. The molecule has 2 N–H and O–H groups in total. The number of aromatic nitrogens is 1. The van der Waals surface area contributed by atoms with E-state index in [1.54, 1.807) is 12.4 Å². The summed E-state index contributed by atoms with van der Waals surface area (Å²) < 4.78 is 0. The minimum Gasteiger partial charge on any atom is -0.382 e. The fourth-order valence-corrected chi connectivity index (χ4v) is 2.81. The Morgan fingerprint density at radius 1 is 1.48 bits per heavy atom. The van der Waals surface area contributed by atoms with Gasteiger partial charge in [-0.3, -0.25) is 9.78 Å². The summed E-state index contributed by atoms with van der Waals surface area (Å²) in [4.78, 5) is 18.2. The topological polar surface area (TPSA) is 57.3 Å². The average Bonchev–Trinajstić information content (AvgIpc) is 2.51. The first-order chi connectivity index (χ1) is 10.2. The predicted octanol–water partition coefficient (Wildman–Crippen LogP) is 1.73. The van der Waals surface area contributed by atoms with Gasteiger partial charge in [-0.2, -0.15) is 0 Å². The van der Waals surface area contributed by atoms with Gasteiger partial charge in [0.05, 0.1) is 5.69 Å². The predicted molar refractivity (Wildman–Crippen MR) is 85.2 cm³/mol. The third-order valence-electron chi connectivity index (χ3n) is 3.94. The number of piperidine rings is 1. The second-order valence-electron chi connectivity index (χ2n) is 5.83. The number of carbonyl (C=O) groups excluding carboxylic acids is 1. The van der Waals surface area contributed by atoms with E-state index >= 15 is 0 Å². The number of anilines is 1. The number of likely N-dealkylation sites (tertiary alicyclic amines) is 1. The first-order valence-electron chi connectivity index (χ1n) is 7.83. The van der Waals surface area contributed by atoms with Crippen LogP contribution in [0.5, 0.6) is 0 Å². The fraction of sp³-hybridized carbons (Fsp3) is 0.625. The maximum Gasteiger partial charge on any atom is 0.220 e. The van der Waals surface area contributed by atoms with Gasteiger partial charge < -0.3 is 15.5 Å². The molecule has 1 aliphatic rings. The Balaban J connectivity index is 1.53. The highest BCUT2D eigenvalue weighted by Gasteiger charge is 2.17. The van der Waals surface area contributed by atoms with Crippen molar-refractivity contribution in [3.63, 3.8) is 0 Å². The molecule has 21 heavy (non-hydrogen) atoms. The number of amides is 1. The summed E-state index contributed by atoms with van der Waals surface area (Å²) in [6.45, 7) is 3.71. The molecule has 1 aliphatic heterocycles. The summed E-state index contributed by atoms with van der Waals surface area (Å²) in [5, 5.41) is 6.20. The van der Waals surface area contributed by atoms with Crippen LogP contribution in [-0.4, -0.2) is 49.0 Å². The number of nitrogens with zero attached hydrogens (tertiary/aromatic N) is 2. The van der Waals surface area contributed by atoms with Crippen molar-refractivity contribution in [2.75, 3.05) is 38.5 Å². The van der Waals surface area contributed by atoms with E-state index < -0.39 is 0 Å². The van der Waals surface area contributed by atoms with Crippen LogP contribution in [0.15, 0.2) is 24.5 Å². The van der Waals surface area contributed by atoms with Crippen LogP contribution >= 0.6 is 0 Å². The second-order valence-corrected chi connectivity index (χ2v) is 5.83. The molecule has 0 unspecified atom stereocenters. The summed E-state index contributed by atoms with van der Waals surface area (Å²) in [6.07, 6.45) is 7.70. The van der Waals surface area contributed by atoms with Crippen LogP contribution in [0.25, 0.3) is 0 Å². The van der Waals surface area contributed by atoms with Gasteiger partial charge in [0.25, 0.3) is 0 Å². The molecule has 2 heterocycles. The van der Waals surface area contributed by atoms with Gasteiger partial charge >= 0.3 is 0 Å². The number of nitrogens with one attached hydrogen (secondary N) is 2. The highest BCUT2D eigenvalue weighted by Crippen LogP contribution is 2.19. The van der Waals surface area contributed by atoms with Crippen molar-refractivity contribution in [2.45, 2.75) is 25.7 Å². The second kappa shape index (κ2) is 8.62. The Morgan fingerprint density at radius 2 is 2.38 bits per heavy atom. The van der Waals surface area contributed by atoms with Crippen molar-refractivity contribution in [3.8, 4) is 0 Å². The number of pyridine rings is 1. The van der Waals surface area contributed by atoms with Crippen molar-refractivity contribution >= 4 is 11.6 Å². The van der Waals surface area contributed by atoms with Gasteiger partial charge in [0.1, 0.15) is 0 Å². The molecule has 1 aromatic rings. The Kier molecular flexibility index (Phi) is 6.47. The highest BCUT2D eigenvalue weighted by atomic mass is 16.1. The molecule has 1 fully saturated rings. The zero-order chi connectivity index (χ0) is 14.9. The maximum absolute atomic E-state index is 11.8. The van der Waals surface area contributed by atoms with Crippen LogP contribution in [0, 0.1) is 5.92 Å². The Labute approximate surface area is 127 Å². The first-order valence-corrected chi connectivity index (χ1v) is 7.83. The number of hydrogen-bond acceptors (Lipinski definition) is 4. The molecule has 0 saturated carbocycles. The number of rotatable bonds is 7. The molecule has 1 atom stereocenters. The highest BCUT2D eigenvalue weighted by molar-refractivity contribution is 5.75. The molecule has 0 spiro atoms. The minimum atomic E-state index is 0.163. The maximum atomic E-state index is 11.8. The lowest BCUT2D eigenvalue weighted by atomic mass is 9.93. The molecule has 0 aromatic carbocycles. The van der Waals surface area contributed by atoms with Gasteiger partial charge in [-0.1, -0.05) is 0 Å². The molecule has 5 nitrogen and oxygen atoms in total. The molecule has 0 radical (unpaired) electrons. The standard InChI is InChI=1S/C16H26N4O/c1-20-11-3-4-14(13-20)6-7-16(21)19-10-9-18-15-5-2-8-17-12-15/h2,5,8,12,14,18H,3-4,6-7,9-11,13H2,1H3,(H,19,21)/t14-/m1/s1. The van der Waals surface area contributed by atoms with E-state index in [0.29, 0.717) is 18.9 Å². The zero-order valence-electron chi connectivity index (χ0n) is 12.8. The van der Waals surface area contributed by atoms with Crippen LogP contribution in [0.3, 0.4) is 0 Å². The Morgan fingerprint density at radius 3 is 3.14 bits per heavy atom. The average molecular weight is 290 g/mol. The van der Waals surface area contributed by atoms with Crippen LogP contribution in [0.1, 0.15) is 25.7 Å². The van der Waals surface area contributed by atoms with E-state index in [-0.39, 0.29) is 5.91 Å². The quantitative estimate of drug-likeness (QED) is 0.751. The van der Waals surface area contributed by atoms with E-state index in [0.717, 1.165) is 25.2 Å². The third kappa shape index (κ3) is 6.12. The lowest BCUT2D eigenvalue weighted by Gasteiger charge is -2.29. The molecule has 0 bridgehead atoms. The van der Waals surface area contributed by atoms with Crippen LogP contribution < -0.4 is 10.6 Å². The van der Waals surface area contributed by atoms with Gasteiger partial charge in [-0.05, 0) is 50.9 Å². The molecule has 0 aliphatic carbocycles. The van der Waals surface area contributed by atoms with Crippen LogP contribution in [0.4, 0.5) is 5.69 Å². The van der Waals surface area contributed by atoms with E-state index in [1.165, 1.54) is 19.4 Å². The summed E-state index contributed by atoms with van der Waals surface area (Å²) in [5.41, 5.74) is 0.983. The van der Waals surface area contributed by atoms with Crippen molar-refractivity contribution < 1.29 is 4.79 Å². The Hall–Kier alpha value is -1.62. The fourth-order valence-electron chi connectivity index (χ4n) is 2.81. The van der Waals surface area contributed by atoms with E-state index in [4.69, 9.17) is 0 Å². The largest absolute Gasteiger partial charge is 0.382 e. The van der Waals surface area contributed by atoms with Gasteiger partial charge in [0, 0.05) is 38.4 Å². The van der Waals surface area contributed by atoms with E-state index in [2.05, 4.69) is 27.6 Å². The monoisotopic (exact) mass is 290 g/mol. The number of hydrogen-bond donors (Lipinski definition) is 2. The van der Waals surface area contributed by atoms with Gasteiger partial charge in [0.2, 0.25) is 5.91 Å². The van der Waals surface area contributed by atoms with Crippen molar-refractivity contribution in [2.24, 2.45) is 5.92 Å². The molecular formula is C16H26N4O. The minimum absolute atomic E-state index is 0.163. The Bertz CT molecular complexity index is 424. The van der Waals surface area contributed by atoms with E-state index in [9.17, 15) is 4.79 Å². The number of carbonyl (C=O) groups is 1. The molecule has 116 valence electrons. The lowest BCUT2D eigenvalue weighted by molar-refractivity contribution is -0.121. The van der Waals surface area contributed by atoms with Crippen LogP contribution in [0.2, 0.25) is 0 Å². The summed E-state index contributed by atoms with van der Waals surface area (Å²) in [7, 11) is 2.16. The van der Waals surface area contributed by atoms with Crippen molar-refractivity contribution in [3.05, 3.63) is 24.5 Å². The van der Waals surface area contributed by atoms with E-state index in [1.807, 2.05) is 12.1 Å². The van der Waals surface area contributed by atoms with Crippen LogP contribution in [-0.2, 0) is 4.79 Å².